The molecule has 1 aliphatic carbocycles. The molecule has 2 fully saturated rings. The van der Waals surface area contributed by atoms with Crippen molar-refractivity contribution in [1.29, 1.82) is 0 Å². The number of halogens is 2. The van der Waals surface area contributed by atoms with Crippen LogP contribution in [0.3, 0.4) is 0 Å². The van der Waals surface area contributed by atoms with Crippen molar-refractivity contribution < 1.29 is 13.2 Å². The molecule has 1 saturated heterocycles. The number of nitrogens with zero attached hydrogens (tertiary/aromatic N) is 2. The monoisotopic (exact) mass is 494 g/mol. The summed E-state index contributed by atoms with van der Waals surface area (Å²) >= 11 is 6.25. The molecule has 1 aromatic rings. The van der Waals surface area contributed by atoms with Crippen molar-refractivity contribution in [2.24, 2.45) is 11.8 Å². The number of fused-ring (bicyclic) bond motifs is 2. The van der Waals surface area contributed by atoms with Gasteiger partial charge >= 0.3 is 40.5 Å². The van der Waals surface area contributed by atoms with E-state index in [1.165, 1.54) is 36.8 Å². The zero-order valence-corrected chi connectivity index (χ0v) is 19.6. The first kappa shape index (κ1) is 20.0. The van der Waals surface area contributed by atoms with E-state index in [1.54, 1.807) is 0 Å². The first-order chi connectivity index (χ1) is 11.3. The molecule has 7 heteroatoms. The van der Waals surface area contributed by atoms with Crippen LogP contribution in [0.1, 0.15) is 36.8 Å². The van der Waals surface area contributed by atoms with Gasteiger partial charge in [0.1, 0.15) is 0 Å². The molecular weight excluding hydrogens is 473 g/mol. The van der Waals surface area contributed by atoms with Crippen LogP contribution in [0.5, 0.6) is 0 Å². The van der Waals surface area contributed by atoms with Gasteiger partial charge in [-0.2, -0.15) is 0 Å². The molecule has 1 aromatic carbocycles. The van der Waals surface area contributed by atoms with Crippen LogP contribution in [-0.2, 0) is 26.3 Å². The molecule has 0 amide bonds. The molecule has 2 heterocycles. The quantitative estimate of drug-likeness (QED) is 0.499. The van der Waals surface area contributed by atoms with Crippen LogP contribution in [0.4, 0.5) is 0 Å². The molecule has 3 aliphatic rings. The van der Waals surface area contributed by atoms with Crippen molar-refractivity contribution in [3.63, 3.8) is 0 Å². The van der Waals surface area contributed by atoms with Gasteiger partial charge in [0.25, 0.3) is 0 Å². The Labute approximate surface area is 160 Å². The van der Waals surface area contributed by atoms with Gasteiger partial charge in [-0.1, -0.05) is 55.0 Å². The number of hydrogen-bond donors (Lipinski definition) is 2. The summed E-state index contributed by atoms with van der Waals surface area (Å²) in [7, 11) is 0. The van der Waals surface area contributed by atoms with Crippen LogP contribution < -0.4 is 10.9 Å². The fourth-order valence-electron chi connectivity index (χ4n) is 3.32. The topological polar surface area (TPSA) is 52.3 Å². The molecule has 4 rings (SSSR count). The molecule has 0 aromatic heterocycles. The summed E-state index contributed by atoms with van der Waals surface area (Å²) in [4.78, 5) is 0. The van der Waals surface area contributed by atoms with Crippen molar-refractivity contribution in [3.8, 4) is 0 Å². The molecule has 2 unspecified atom stereocenters. The van der Waals surface area contributed by atoms with Gasteiger partial charge in [0.2, 0.25) is 0 Å². The Hall–Kier alpha value is 0.643. The van der Waals surface area contributed by atoms with E-state index >= 15 is 0 Å². The summed E-state index contributed by atoms with van der Waals surface area (Å²) in [6, 6.07) is 8.38. The van der Waals surface area contributed by atoms with E-state index in [2.05, 4.69) is 73.2 Å². The molecular formula is C16H24Br2N4Zn-2. The third-order valence-corrected chi connectivity index (χ3v) is 4.61. The zero-order valence-electron chi connectivity index (χ0n) is 13.5. The summed E-state index contributed by atoms with van der Waals surface area (Å²) in [6.07, 6.45) is 5.75. The molecule has 23 heavy (non-hydrogen) atoms. The molecule has 2 N–H and O–H groups in total. The van der Waals surface area contributed by atoms with E-state index < -0.39 is 0 Å². The summed E-state index contributed by atoms with van der Waals surface area (Å²) in [5.41, 5.74) is 17.1. The maximum Gasteiger partial charge on any atom is 0.00398 e. The van der Waals surface area contributed by atoms with Crippen LogP contribution in [0.15, 0.2) is 24.3 Å². The zero-order chi connectivity index (χ0) is 16.3. The Morgan fingerprint density at radius 1 is 0.957 bits per heavy atom. The van der Waals surface area contributed by atoms with Crippen molar-refractivity contribution in [1.82, 2.24) is 10.9 Å². The molecule has 0 bridgehead atoms. The smallest absolute Gasteiger partial charge is 0.00398 e. The maximum absolute atomic E-state index is 4.21. The fourth-order valence-corrected chi connectivity index (χ4v) is 3.32. The predicted molar refractivity (Wildman–Crippen MR) is 99.9 cm³/mol. The molecule has 1 saturated carbocycles. The maximum atomic E-state index is 4.21. The van der Waals surface area contributed by atoms with E-state index in [-0.39, 0.29) is 13.2 Å². The van der Waals surface area contributed by atoms with Gasteiger partial charge in [-0.3, -0.25) is 0 Å². The van der Waals surface area contributed by atoms with Crippen LogP contribution in [0.25, 0.3) is 10.9 Å². The Morgan fingerprint density at radius 3 is 2.35 bits per heavy atom. The van der Waals surface area contributed by atoms with E-state index in [0.29, 0.717) is 0 Å². The molecule has 0 spiro atoms. The minimum atomic E-state index is -0.250. The summed E-state index contributed by atoms with van der Waals surface area (Å²) < 4.78 is 0. The third-order valence-electron chi connectivity index (χ3n) is 4.61. The second-order valence-electron chi connectivity index (χ2n) is 6.03. The number of nitrogens with one attached hydrogen (secondary N) is 2. The van der Waals surface area contributed by atoms with E-state index in [9.17, 15) is 0 Å². The Morgan fingerprint density at radius 2 is 1.65 bits per heavy atom. The van der Waals surface area contributed by atoms with Gasteiger partial charge in [-0.05, 0) is 24.4 Å². The fraction of sp³-hybridized carbons (Fsp3) is 0.625. The largest absolute Gasteiger partial charge is 0.593 e. The van der Waals surface area contributed by atoms with Gasteiger partial charge in [-0.15, -0.1) is 13.1 Å². The van der Waals surface area contributed by atoms with Crippen molar-refractivity contribution in [3.05, 3.63) is 46.2 Å². The Balaban J connectivity index is 0.000000143. The third kappa shape index (κ3) is 7.19. The molecule has 4 nitrogen and oxygen atoms in total. The molecule has 126 valence electrons. The first-order valence-corrected chi connectivity index (χ1v) is 22.2. The Bertz CT molecular complexity index is 399. The average Bonchev–Trinajstić information content (AvgIpc) is 2.63. The van der Waals surface area contributed by atoms with Crippen molar-refractivity contribution >= 4 is 27.2 Å². The van der Waals surface area contributed by atoms with Crippen molar-refractivity contribution in [2.45, 2.75) is 38.8 Å². The summed E-state index contributed by atoms with van der Waals surface area (Å²) in [5, 5.41) is 0. The van der Waals surface area contributed by atoms with Crippen LogP contribution in [0, 0.1) is 11.8 Å². The summed E-state index contributed by atoms with van der Waals surface area (Å²) in [5.74, 6) is 1.88. The van der Waals surface area contributed by atoms with Gasteiger partial charge in [0.15, 0.2) is 0 Å². The van der Waals surface area contributed by atoms with Gasteiger partial charge in [-0.25, -0.2) is 0 Å². The second-order valence-corrected chi connectivity index (χ2v) is 20.1. The number of hydrogen-bond acceptors (Lipinski definition) is 2. The summed E-state index contributed by atoms with van der Waals surface area (Å²) in [6.45, 7) is 3.92. The Kier molecular flexibility index (Phi) is 10.5. The molecule has 0 radical (unpaired) electrons. The first-order valence-electron chi connectivity index (χ1n) is 8.32. The van der Waals surface area contributed by atoms with E-state index in [0.717, 1.165) is 38.0 Å². The van der Waals surface area contributed by atoms with Gasteiger partial charge in [0.05, 0.1) is 0 Å². The van der Waals surface area contributed by atoms with E-state index in [4.69, 9.17) is 0 Å². The number of rotatable bonds is 0. The normalized spacial score (nSPS) is 25.3. The van der Waals surface area contributed by atoms with Crippen LogP contribution >= 0.6 is 27.2 Å². The van der Waals surface area contributed by atoms with Crippen LogP contribution in [0.2, 0.25) is 0 Å². The van der Waals surface area contributed by atoms with Crippen LogP contribution in [-0.4, -0.2) is 13.1 Å². The van der Waals surface area contributed by atoms with E-state index in [1.807, 2.05) is 0 Å². The van der Waals surface area contributed by atoms with Crippen molar-refractivity contribution in [2.75, 3.05) is 13.1 Å². The predicted octanol–water partition coefficient (Wildman–Crippen LogP) is 4.95. The van der Waals surface area contributed by atoms with Gasteiger partial charge < -0.3 is 21.7 Å². The molecule has 2 atom stereocenters. The minimum absolute atomic E-state index is 0.250. The molecule has 2 aliphatic heterocycles. The average molecular weight is 498 g/mol. The second kappa shape index (κ2) is 12.1. The standard InChI is InChI=1S/C8H15N2.C8H9N2.2BrH.Zn/c2*1-2-4-8-6-10-9-5-7(8)3-1;;;/h7-9H,1-6H2;1-4,9H,5-6H2;2*1H;/q2*-1;;;+2/p-2. The number of benzene rings is 1. The minimum Gasteiger partial charge on any atom is -0.593 e. The SMILES string of the molecule is C1CCC2CN[N-]CC2C1.[Br][Zn][Br].c1ccc2c(c1)C[N-]NC2. The van der Waals surface area contributed by atoms with Gasteiger partial charge in [0, 0.05) is 6.54 Å².